The second-order valence-electron chi connectivity index (χ2n) is 6.80. The summed E-state index contributed by atoms with van der Waals surface area (Å²) in [6.07, 6.45) is -10.4. The number of ether oxygens (including phenoxy) is 1. The fourth-order valence-electron chi connectivity index (χ4n) is 3.23. The van der Waals surface area contributed by atoms with Gasteiger partial charge in [-0.25, -0.2) is 4.79 Å². The molecule has 0 atom stereocenters. The normalized spacial score (nSPS) is 16.7. The molecule has 170 valence electrons. The topological polar surface area (TPSA) is 84.1 Å². The molecule has 0 radical (unpaired) electrons. The largest absolute Gasteiger partial charge is 0.573 e. The molecule has 0 unspecified atom stereocenters. The Hall–Kier alpha value is -2.77. The number of amides is 2. The van der Waals surface area contributed by atoms with E-state index < -0.39 is 30.3 Å². The van der Waals surface area contributed by atoms with Crippen LogP contribution in [0, 0.1) is 5.92 Å². The number of likely N-dealkylation sites (tertiary alicyclic amines) is 1. The predicted octanol–water partition coefficient (Wildman–Crippen LogP) is 3.98. The summed E-state index contributed by atoms with van der Waals surface area (Å²) in [6.45, 7) is 0.594. The maximum absolute atomic E-state index is 12.7. The van der Waals surface area contributed by atoms with E-state index in [1.165, 1.54) is 15.5 Å². The fraction of sp³-hybridized carbons (Fsp3) is 0.471. The fourth-order valence-corrected chi connectivity index (χ4v) is 4.29. The lowest BCUT2D eigenvalue weighted by Crippen LogP contribution is -2.39. The van der Waals surface area contributed by atoms with Gasteiger partial charge in [0, 0.05) is 19.6 Å². The molecule has 14 heteroatoms. The molecular weight excluding hydrogens is 456 g/mol. The van der Waals surface area contributed by atoms with Crippen molar-refractivity contribution in [2.45, 2.75) is 31.9 Å². The molecule has 2 heterocycles. The quantitative estimate of drug-likeness (QED) is 0.687. The van der Waals surface area contributed by atoms with Gasteiger partial charge in [0.2, 0.25) is 0 Å². The minimum Gasteiger partial charge on any atom is -0.465 e. The summed E-state index contributed by atoms with van der Waals surface area (Å²) in [7, 11) is 0. The highest BCUT2D eigenvalue weighted by molar-refractivity contribution is 7.16. The molecule has 2 amide bonds. The number of benzene rings is 1. The molecule has 1 fully saturated rings. The third kappa shape index (κ3) is 5.68. The Morgan fingerprint density at radius 2 is 1.81 bits per heavy atom. The van der Waals surface area contributed by atoms with Gasteiger partial charge in [-0.3, -0.25) is 4.79 Å². The van der Waals surface area contributed by atoms with Crippen molar-refractivity contribution in [1.82, 2.24) is 9.47 Å². The Morgan fingerprint density at radius 1 is 1.16 bits per heavy atom. The molecule has 0 spiro atoms. The zero-order valence-corrected chi connectivity index (χ0v) is 16.4. The summed E-state index contributed by atoms with van der Waals surface area (Å²) in [5.41, 5.74) is 0.286. The van der Waals surface area contributed by atoms with E-state index in [4.69, 9.17) is 5.11 Å². The molecule has 0 saturated carbocycles. The minimum absolute atomic E-state index is 0.122. The minimum atomic E-state index is -5.20. The van der Waals surface area contributed by atoms with Crippen LogP contribution in [0.3, 0.4) is 0 Å². The van der Waals surface area contributed by atoms with E-state index >= 15 is 0 Å². The Morgan fingerprint density at radius 3 is 2.35 bits per heavy atom. The molecule has 1 N–H and O–H groups in total. The van der Waals surface area contributed by atoms with E-state index in [1.807, 2.05) is 0 Å². The lowest BCUT2D eigenvalue weighted by molar-refractivity contribution is -0.274. The molecule has 1 aliphatic rings. The zero-order chi connectivity index (χ0) is 23.0. The zero-order valence-electron chi connectivity index (χ0n) is 15.5. The van der Waals surface area contributed by atoms with Crippen LogP contribution < -0.4 is 9.54 Å². The number of aromatic nitrogens is 1. The van der Waals surface area contributed by atoms with Crippen molar-refractivity contribution in [1.29, 1.82) is 0 Å². The number of hydrogen-bond donors (Lipinski definition) is 1. The number of carboxylic acid groups (broad SMARTS) is 1. The third-order valence-corrected chi connectivity index (χ3v) is 5.69. The number of rotatable bonds is 3. The van der Waals surface area contributed by atoms with Crippen LogP contribution >= 0.6 is 11.3 Å². The van der Waals surface area contributed by atoms with Gasteiger partial charge in [-0.05, 0) is 37.0 Å². The molecule has 0 bridgehead atoms. The van der Waals surface area contributed by atoms with Crippen LogP contribution in [0.1, 0.15) is 12.8 Å². The lowest BCUT2D eigenvalue weighted by Gasteiger charge is -2.30. The maximum atomic E-state index is 12.7. The van der Waals surface area contributed by atoms with Gasteiger partial charge in [0.25, 0.3) is 0 Å². The molecular formula is C17H15F6N3O4S. The Kier molecular flexibility index (Phi) is 6.21. The monoisotopic (exact) mass is 471 g/mol. The van der Waals surface area contributed by atoms with Crippen LogP contribution in [0.25, 0.3) is 10.2 Å². The highest BCUT2D eigenvalue weighted by atomic mass is 32.1. The molecule has 1 aliphatic heterocycles. The number of carbonyl (C=O) groups excluding carboxylic acids is 1. The first-order valence-corrected chi connectivity index (χ1v) is 9.68. The Balaban J connectivity index is 1.98. The van der Waals surface area contributed by atoms with Crippen LogP contribution in [0.15, 0.2) is 23.2 Å². The van der Waals surface area contributed by atoms with Crippen LogP contribution in [-0.2, 0) is 11.3 Å². The van der Waals surface area contributed by atoms with E-state index in [0.29, 0.717) is 24.2 Å². The van der Waals surface area contributed by atoms with E-state index in [0.717, 1.165) is 12.1 Å². The molecule has 7 nitrogen and oxygen atoms in total. The number of hydrogen-bond acceptors (Lipinski definition) is 4. The Bertz CT molecular complexity index is 1050. The molecule has 2 aromatic rings. The number of fused-ring (bicyclic) bond motifs is 1. The number of alkyl halides is 6. The summed E-state index contributed by atoms with van der Waals surface area (Å²) in [5.74, 6) is -3.02. The molecule has 1 saturated heterocycles. The second-order valence-corrected chi connectivity index (χ2v) is 7.81. The van der Waals surface area contributed by atoms with Gasteiger partial charge in [-0.1, -0.05) is 11.3 Å². The van der Waals surface area contributed by atoms with Gasteiger partial charge in [0.15, 0.2) is 4.80 Å². The highest BCUT2D eigenvalue weighted by Crippen LogP contribution is 2.29. The number of carbonyl (C=O) groups is 2. The van der Waals surface area contributed by atoms with Crippen molar-refractivity contribution in [2.75, 3.05) is 13.1 Å². The average molecular weight is 471 g/mol. The van der Waals surface area contributed by atoms with E-state index in [1.54, 1.807) is 0 Å². The number of halogens is 6. The van der Waals surface area contributed by atoms with Crippen molar-refractivity contribution in [3.8, 4) is 5.75 Å². The molecule has 0 aliphatic carbocycles. The van der Waals surface area contributed by atoms with Crippen molar-refractivity contribution in [2.24, 2.45) is 10.9 Å². The van der Waals surface area contributed by atoms with Crippen LogP contribution in [-0.4, -0.2) is 52.2 Å². The van der Waals surface area contributed by atoms with Gasteiger partial charge in [0.05, 0.1) is 10.2 Å². The summed E-state index contributed by atoms with van der Waals surface area (Å²) in [6, 6.07) is 3.27. The summed E-state index contributed by atoms with van der Waals surface area (Å²) < 4.78 is 80.8. The smallest absolute Gasteiger partial charge is 0.465 e. The van der Waals surface area contributed by atoms with Gasteiger partial charge < -0.3 is 19.3 Å². The Labute approximate surface area is 174 Å². The summed E-state index contributed by atoms with van der Waals surface area (Å²) in [5, 5.41) is 9.02. The number of nitrogens with zero attached hydrogens (tertiary/aromatic N) is 3. The van der Waals surface area contributed by atoms with E-state index in [2.05, 4.69) is 9.73 Å². The summed E-state index contributed by atoms with van der Waals surface area (Å²) >= 11 is 0.626. The van der Waals surface area contributed by atoms with Crippen LogP contribution in [0.5, 0.6) is 5.75 Å². The van der Waals surface area contributed by atoms with Gasteiger partial charge in [-0.2, -0.15) is 18.2 Å². The highest BCUT2D eigenvalue weighted by Gasteiger charge is 2.39. The van der Waals surface area contributed by atoms with Crippen LogP contribution in [0.4, 0.5) is 31.1 Å². The molecule has 31 heavy (non-hydrogen) atoms. The van der Waals surface area contributed by atoms with Gasteiger partial charge in [0.1, 0.15) is 5.75 Å². The number of piperidine rings is 1. The van der Waals surface area contributed by atoms with Gasteiger partial charge in [-0.15, -0.1) is 13.2 Å². The first kappa shape index (κ1) is 22.9. The standard InChI is InChI=1S/C17H15F6N3O4S/c18-16(19,20)13(27)24-14-26(8-9-3-5-25(6-4-9)15(28)29)11-2-1-10(7-12(11)31-14)30-17(21,22)23/h1-2,7,9H,3-6,8H2,(H,28,29)/b24-14+. The van der Waals surface area contributed by atoms with Crippen molar-refractivity contribution in [3.63, 3.8) is 0 Å². The molecule has 3 rings (SSSR count). The maximum Gasteiger partial charge on any atom is 0.573 e. The second kappa shape index (κ2) is 8.40. The van der Waals surface area contributed by atoms with Crippen molar-refractivity contribution in [3.05, 3.63) is 23.0 Å². The van der Waals surface area contributed by atoms with Gasteiger partial charge >= 0.3 is 24.5 Å². The molecule has 1 aromatic carbocycles. The SMILES string of the molecule is O=C(O)N1CCC(Cn2/c(=N\C(=O)C(F)(F)F)sc3cc(OC(F)(F)F)ccc32)CC1. The lowest BCUT2D eigenvalue weighted by atomic mass is 9.97. The number of thiazole rings is 1. The summed E-state index contributed by atoms with van der Waals surface area (Å²) in [4.78, 5) is 26.4. The first-order valence-electron chi connectivity index (χ1n) is 8.86. The van der Waals surface area contributed by atoms with E-state index in [9.17, 15) is 35.9 Å². The van der Waals surface area contributed by atoms with Crippen molar-refractivity contribution < 1.29 is 45.8 Å². The van der Waals surface area contributed by atoms with Crippen LogP contribution in [0.2, 0.25) is 0 Å². The predicted molar refractivity (Wildman–Crippen MR) is 95.4 cm³/mol. The third-order valence-electron chi connectivity index (χ3n) is 4.65. The average Bonchev–Trinajstić information content (AvgIpc) is 2.96. The first-order chi connectivity index (χ1) is 14.3. The molecule has 1 aromatic heterocycles. The van der Waals surface area contributed by atoms with E-state index in [-0.39, 0.29) is 40.6 Å². The van der Waals surface area contributed by atoms with Crippen molar-refractivity contribution >= 4 is 33.6 Å².